The van der Waals surface area contributed by atoms with E-state index in [1.54, 1.807) is 17.2 Å². The van der Waals surface area contributed by atoms with Gasteiger partial charge in [-0.3, -0.25) is 19.5 Å². The van der Waals surface area contributed by atoms with Crippen LogP contribution in [0.4, 0.5) is 4.39 Å². The molecular formula is C25H31FN4O2. The molecule has 0 aliphatic carbocycles. The van der Waals surface area contributed by atoms with Crippen molar-refractivity contribution in [3.05, 3.63) is 65.7 Å². The molecule has 2 saturated heterocycles. The average Bonchev–Trinajstić information content (AvgIpc) is 3.04. The Morgan fingerprint density at radius 3 is 2.78 bits per heavy atom. The number of benzene rings is 1. The minimum atomic E-state index is -0.265. The zero-order valence-corrected chi connectivity index (χ0v) is 18.5. The molecule has 0 radical (unpaired) electrons. The summed E-state index contributed by atoms with van der Waals surface area (Å²) in [6.07, 6.45) is 6.23. The molecule has 3 heterocycles. The maximum atomic E-state index is 13.4. The van der Waals surface area contributed by atoms with Crippen LogP contribution in [0.1, 0.15) is 30.4 Å². The first kappa shape index (κ1) is 22.4. The lowest BCUT2D eigenvalue weighted by Gasteiger charge is -2.34. The van der Waals surface area contributed by atoms with Crippen molar-refractivity contribution in [3.63, 3.8) is 0 Å². The Kier molecular flexibility index (Phi) is 7.47. The van der Waals surface area contributed by atoms with Gasteiger partial charge in [-0.25, -0.2) is 4.39 Å². The first-order chi connectivity index (χ1) is 15.6. The molecule has 0 bridgehead atoms. The van der Waals surface area contributed by atoms with Gasteiger partial charge < -0.3 is 9.80 Å². The zero-order chi connectivity index (χ0) is 22.3. The van der Waals surface area contributed by atoms with Crippen LogP contribution >= 0.6 is 0 Å². The molecule has 0 spiro atoms. The minimum Gasteiger partial charge on any atom is -0.342 e. The summed E-state index contributed by atoms with van der Waals surface area (Å²) >= 11 is 0. The van der Waals surface area contributed by atoms with Crippen molar-refractivity contribution >= 4 is 11.8 Å². The Hall–Kier alpha value is -2.80. The van der Waals surface area contributed by atoms with E-state index in [0.717, 1.165) is 38.2 Å². The molecule has 2 aliphatic rings. The molecule has 1 unspecified atom stereocenters. The average molecular weight is 439 g/mol. The highest BCUT2D eigenvalue weighted by Gasteiger charge is 2.33. The third-order valence-electron chi connectivity index (χ3n) is 6.44. The molecule has 6 nitrogen and oxygen atoms in total. The van der Waals surface area contributed by atoms with Crippen molar-refractivity contribution in [2.24, 2.45) is 5.92 Å². The fourth-order valence-corrected chi connectivity index (χ4v) is 4.65. The summed E-state index contributed by atoms with van der Waals surface area (Å²) in [6, 6.07) is 10.5. The van der Waals surface area contributed by atoms with Crippen LogP contribution in [0.2, 0.25) is 0 Å². The zero-order valence-electron chi connectivity index (χ0n) is 18.5. The molecule has 2 amide bonds. The van der Waals surface area contributed by atoms with E-state index < -0.39 is 0 Å². The van der Waals surface area contributed by atoms with Gasteiger partial charge in [-0.15, -0.1) is 0 Å². The summed E-state index contributed by atoms with van der Waals surface area (Å²) in [5.74, 6) is -0.162. The van der Waals surface area contributed by atoms with Crippen LogP contribution in [-0.2, 0) is 22.6 Å². The molecular weight excluding hydrogens is 407 g/mol. The molecule has 2 aromatic rings. The molecule has 7 heteroatoms. The molecule has 1 atom stereocenters. The van der Waals surface area contributed by atoms with Gasteiger partial charge in [0.15, 0.2) is 0 Å². The van der Waals surface area contributed by atoms with Gasteiger partial charge in [0.2, 0.25) is 11.8 Å². The van der Waals surface area contributed by atoms with E-state index in [1.165, 1.54) is 17.7 Å². The first-order valence-corrected chi connectivity index (χ1v) is 11.5. The van der Waals surface area contributed by atoms with Gasteiger partial charge in [0.25, 0.3) is 0 Å². The van der Waals surface area contributed by atoms with Gasteiger partial charge in [-0.05, 0) is 48.6 Å². The molecule has 4 rings (SSSR count). The smallest absolute Gasteiger partial charge is 0.227 e. The number of aromatic nitrogens is 1. The summed E-state index contributed by atoms with van der Waals surface area (Å²) in [4.78, 5) is 36.0. The van der Waals surface area contributed by atoms with Crippen LogP contribution in [0, 0.1) is 11.7 Å². The van der Waals surface area contributed by atoms with Crippen molar-refractivity contribution in [2.75, 3.05) is 39.3 Å². The van der Waals surface area contributed by atoms with Gasteiger partial charge >= 0.3 is 0 Å². The van der Waals surface area contributed by atoms with E-state index in [-0.39, 0.29) is 23.5 Å². The van der Waals surface area contributed by atoms with Gasteiger partial charge in [-0.1, -0.05) is 18.2 Å². The number of hydrogen-bond acceptors (Lipinski definition) is 4. The van der Waals surface area contributed by atoms with E-state index in [2.05, 4.69) is 16.0 Å². The van der Waals surface area contributed by atoms with Crippen LogP contribution in [0.25, 0.3) is 0 Å². The van der Waals surface area contributed by atoms with Crippen LogP contribution < -0.4 is 0 Å². The SMILES string of the molecule is O=C1CCC(C(=O)N2CCCN(Cc3cccnc3)CC2)CN1CCc1cccc(F)c1. The van der Waals surface area contributed by atoms with E-state index >= 15 is 0 Å². The Morgan fingerprint density at radius 2 is 1.97 bits per heavy atom. The molecule has 0 saturated carbocycles. The third kappa shape index (κ3) is 5.91. The highest BCUT2D eigenvalue weighted by Crippen LogP contribution is 2.21. The van der Waals surface area contributed by atoms with E-state index in [9.17, 15) is 14.0 Å². The molecule has 1 aromatic carbocycles. The van der Waals surface area contributed by atoms with Gasteiger partial charge in [0.1, 0.15) is 5.82 Å². The van der Waals surface area contributed by atoms with Gasteiger partial charge in [-0.2, -0.15) is 0 Å². The quantitative estimate of drug-likeness (QED) is 0.696. The number of carbonyl (C=O) groups excluding carboxylic acids is 2. The Morgan fingerprint density at radius 1 is 1.09 bits per heavy atom. The number of likely N-dealkylation sites (tertiary alicyclic amines) is 1. The second kappa shape index (κ2) is 10.7. The second-order valence-electron chi connectivity index (χ2n) is 8.77. The number of rotatable bonds is 6. The molecule has 2 aliphatic heterocycles. The molecule has 2 fully saturated rings. The standard InChI is InChI=1S/C25H31FN4O2/c26-23-6-1-4-20(16-23)9-13-30-19-22(7-8-24(30)31)25(32)29-12-3-11-28(14-15-29)18-21-5-2-10-27-17-21/h1-2,4-6,10,16-17,22H,3,7-9,11-15,18-19H2. The van der Waals surface area contributed by atoms with Gasteiger partial charge in [0, 0.05) is 64.6 Å². The summed E-state index contributed by atoms with van der Waals surface area (Å²) in [5.41, 5.74) is 2.06. The fourth-order valence-electron chi connectivity index (χ4n) is 4.65. The predicted octanol–water partition coefficient (Wildman–Crippen LogP) is 2.74. The van der Waals surface area contributed by atoms with E-state index in [0.29, 0.717) is 38.9 Å². The Balaban J connectivity index is 1.29. The second-order valence-corrected chi connectivity index (χ2v) is 8.77. The third-order valence-corrected chi connectivity index (χ3v) is 6.44. The Bertz CT molecular complexity index is 923. The van der Waals surface area contributed by atoms with Crippen molar-refractivity contribution in [1.82, 2.24) is 19.7 Å². The van der Waals surface area contributed by atoms with Crippen molar-refractivity contribution in [2.45, 2.75) is 32.2 Å². The van der Waals surface area contributed by atoms with Crippen molar-refractivity contribution in [3.8, 4) is 0 Å². The van der Waals surface area contributed by atoms with Crippen molar-refractivity contribution in [1.29, 1.82) is 0 Å². The monoisotopic (exact) mass is 438 g/mol. The lowest BCUT2D eigenvalue weighted by atomic mass is 9.95. The van der Waals surface area contributed by atoms with E-state index in [1.807, 2.05) is 23.2 Å². The topological polar surface area (TPSA) is 56.8 Å². The van der Waals surface area contributed by atoms with Crippen LogP contribution in [0.15, 0.2) is 48.8 Å². The van der Waals surface area contributed by atoms with Gasteiger partial charge in [0.05, 0.1) is 5.92 Å². The minimum absolute atomic E-state index is 0.0870. The van der Waals surface area contributed by atoms with Crippen LogP contribution in [0.5, 0.6) is 0 Å². The number of halogens is 1. The number of carbonyl (C=O) groups is 2. The first-order valence-electron chi connectivity index (χ1n) is 11.5. The number of amides is 2. The molecule has 1 aromatic heterocycles. The fraction of sp³-hybridized carbons (Fsp3) is 0.480. The molecule has 32 heavy (non-hydrogen) atoms. The maximum Gasteiger partial charge on any atom is 0.227 e. The normalized spacial score (nSPS) is 20.3. The molecule has 0 N–H and O–H groups in total. The lowest BCUT2D eigenvalue weighted by molar-refractivity contribution is -0.143. The Labute approximate surface area is 189 Å². The number of nitrogens with zero attached hydrogens (tertiary/aromatic N) is 4. The van der Waals surface area contributed by atoms with E-state index in [4.69, 9.17) is 0 Å². The largest absolute Gasteiger partial charge is 0.342 e. The summed E-state index contributed by atoms with van der Waals surface area (Å²) in [7, 11) is 0. The predicted molar refractivity (Wildman–Crippen MR) is 120 cm³/mol. The number of pyridine rings is 1. The molecule has 170 valence electrons. The number of hydrogen-bond donors (Lipinski definition) is 0. The summed E-state index contributed by atoms with van der Waals surface area (Å²) in [5, 5.41) is 0. The summed E-state index contributed by atoms with van der Waals surface area (Å²) in [6.45, 7) is 5.11. The summed E-state index contributed by atoms with van der Waals surface area (Å²) < 4.78 is 13.4. The highest BCUT2D eigenvalue weighted by molar-refractivity contribution is 5.84. The van der Waals surface area contributed by atoms with Crippen LogP contribution in [-0.4, -0.2) is 70.8 Å². The number of piperidine rings is 1. The lowest BCUT2D eigenvalue weighted by Crippen LogP contribution is -2.48. The van der Waals surface area contributed by atoms with Crippen molar-refractivity contribution < 1.29 is 14.0 Å². The van der Waals surface area contributed by atoms with Crippen LogP contribution in [0.3, 0.4) is 0 Å². The highest BCUT2D eigenvalue weighted by atomic mass is 19.1. The maximum absolute atomic E-state index is 13.4.